The monoisotopic (exact) mass is 1090 g/mol. The van der Waals surface area contributed by atoms with E-state index in [4.69, 9.17) is 16.0 Å². The molecule has 0 saturated heterocycles. The molecule has 0 aliphatic rings. The highest BCUT2D eigenvalue weighted by Gasteiger charge is 2.32. The van der Waals surface area contributed by atoms with E-state index in [-0.39, 0.29) is 16.2 Å². The molecule has 0 aliphatic carbocycles. The van der Waals surface area contributed by atoms with Crippen molar-refractivity contribution in [1.29, 1.82) is 0 Å². The Labute approximate surface area is 484 Å². The fourth-order valence-electron chi connectivity index (χ4n) is 11.7. The van der Waals surface area contributed by atoms with Crippen molar-refractivity contribution in [3.8, 4) is 5.69 Å². The van der Waals surface area contributed by atoms with Crippen LogP contribution in [-0.2, 0) is 16.2 Å². The van der Waals surface area contributed by atoms with Crippen LogP contribution >= 0.6 is 22.9 Å². The van der Waals surface area contributed by atoms with Gasteiger partial charge in [0.25, 0.3) is 0 Å². The van der Waals surface area contributed by atoms with Crippen molar-refractivity contribution in [3.63, 3.8) is 0 Å². The molecule has 400 valence electrons. The quantitative estimate of drug-likeness (QED) is 0.136. The van der Waals surface area contributed by atoms with E-state index < -0.39 is 0 Å². The number of para-hydroxylation sites is 5. The van der Waals surface area contributed by atoms with Crippen molar-refractivity contribution >= 4 is 128 Å². The molecule has 0 aliphatic heterocycles. The summed E-state index contributed by atoms with van der Waals surface area (Å²) < 4.78 is 10.5. The maximum absolute atomic E-state index is 8.63. The molecule has 13 aromatic rings. The van der Waals surface area contributed by atoms with E-state index in [0.29, 0.717) is 5.02 Å². The van der Waals surface area contributed by atoms with E-state index in [1.807, 2.05) is 0 Å². The third kappa shape index (κ3) is 9.21. The zero-order valence-electron chi connectivity index (χ0n) is 47.4. The number of aromatic nitrogens is 1. The first-order valence-electron chi connectivity index (χ1n) is 28.0. The Morgan fingerprint density at radius 2 is 0.827 bits per heavy atom. The lowest BCUT2D eigenvalue weighted by atomic mass is 9.86. The van der Waals surface area contributed by atoms with Crippen LogP contribution in [0.2, 0.25) is 5.02 Å². The molecule has 5 nitrogen and oxygen atoms in total. The van der Waals surface area contributed by atoms with Crippen LogP contribution in [0.15, 0.2) is 234 Å². The Morgan fingerprint density at radius 3 is 1.36 bits per heavy atom. The number of thiophene rings is 1. The first-order chi connectivity index (χ1) is 39.0. The standard InChI is InChI=1S/C74H65ClN4OS/c1-72(2,3)48-32-37-53(38-33-48)77(62-41-42-67-69(58-28-18-21-31-66(58)80-67)71(62)79-60-29-19-16-26-56(60)57-27-17-20-30-61(57)79)63-45-55(76(51-22-12-10-13-23-51)52-24-14-11-15-25-52)46-64(70(63)75)78(54-39-34-49(35-40-54)73(4,5)6)65-47-81-68-43-36-50(44-59(65)68)74(7,8)9/h10-47H,1-9H3. The predicted octanol–water partition coefficient (Wildman–Crippen LogP) is 22.9. The second kappa shape index (κ2) is 19.9. The van der Waals surface area contributed by atoms with Crippen molar-refractivity contribution in [2.24, 2.45) is 0 Å². The molecule has 0 atom stereocenters. The summed E-state index contributed by atoms with van der Waals surface area (Å²) >= 11 is 10.4. The number of hydrogen-bond acceptors (Lipinski definition) is 5. The predicted molar refractivity (Wildman–Crippen MR) is 349 cm³/mol. The summed E-state index contributed by atoms with van der Waals surface area (Å²) in [4.78, 5) is 7.16. The SMILES string of the molecule is CC(C)(C)c1ccc(N(c2cc(N(c3ccccc3)c3ccccc3)cc(N(c3ccc(C(C)(C)C)cc3)c3csc4ccc(C(C)(C)C)cc34)c2Cl)c2ccc3oc4ccccc4c3c2-n2c3ccccc3c3ccccc32)cc1. The maximum atomic E-state index is 8.63. The van der Waals surface area contributed by atoms with Crippen LogP contribution in [0.1, 0.15) is 79.0 Å². The number of fused-ring (bicyclic) bond motifs is 7. The molecule has 13 rings (SSSR count). The molecule has 0 unspecified atom stereocenters. The Kier molecular flexibility index (Phi) is 12.7. The molecule has 3 heterocycles. The Hall–Kier alpha value is -8.55. The smallest absolute Gasteiger partial charge is 0.137 e. The molecule has 0 bridgehead atoms. The molecule has 0 saturated carbocycles. The van der Waals surface area contributed by atoms with Crippen molar-refractivity contribution < 1.29 is 4.42 Å². The Bertz CT molecular complexity index is 4380. The average Bonchev–Trinajstić information content (AvgIpc) is 4.40. The van der Waals surface area contributed by atoms with Crippen molar-refractivity contribution in [2.45, 2.75) is 78.6 Å². The van der Waals surface area contributed by atoms with Crippen LogP contribution in [0.5, 0.6) is 0 Å². The second-order valence-corrected chi connectivity index (χ2v) is 25.7. The third-order valence-electron chi connectivity index (χ3n) is 16.0. The van der Waals surface area contributed by atoms with E-state index >= 15 is 0 Å². The highest BCUT2D eigenvalue weighted by Crippen LogP contribution is 2.55. The number of anilines is 9. The summed E-state index contributed by atoms with van der Waals surface area (Å²) in [6.45, 7) is 20.5. The van der Waals surface area contributed by atoms with Crippen molar-refractivity contribution in [3.05, 3.63) is 252 Å². The molecular formula is C74H65ClN4OS. The molecule has 0 fully saturated rings. The fourth-order valence-corrected chi connectivity index (χ4v) is 12.9. The summed E-state index contributed by atoms with van der Waals surface area (Å²) in [7, 11) is 0. The lowest BCUT2D eigenvalue weighted by Gasteiger charge is -2.35. The van der Waals surface area contributed by atoms with Gasteiger partial charge in [-0.25, -0.2) is 0 Å². The van der Waals surface area contributed by atoms with Gasteiger partial charge in [0.05, 0.1) is 55.6 Å². The molecule has 0 spiro atoms. The van der Waals surface area contributed by atoms with E-state index in [1.165, 1.54) is 37.5 Å². The molecule has 7 heteroatoms. The maximum Gasteiger partial charge on any atom is 0.137 e. The number of halogens is 1. The van der Waals surface area contributed by atoms with Crippen molar-refractivity contribution in [2.75, 3.05) is 14.7 Å². The first kappa shape index (κ1) is 51.9. The van der Waals surface area contributed by atoms with Gasteiger partial charge in [0, 0.05) is 54.4 Å². The molecule has 3 aromatic heterocycles. The van der Waals surface area contributed by atoms with Gasteiger partial charge in [-0.3, -0.25) is 0 Å². The van der Waals surface area contributed by atoms with Crippen LogP contribution in [0.3, 0.4) is 0 Å². The third-order valence-corrected chi connectivity index (χ3v) is 17.3. The number of hydrogen-bond donors (Lipinski definition) is 0. The van der Waals surface area contributed by atoms with Crippen LogP contribution in [-0.4, -0.2) is 4.57 Å². The van der Waals surface area contributed by atoms with Gasteiger partial charge in [0.15, 0.2) is 0 Å². The highest BCUT2D eigenvalue weighted by molar-refractivity contribution is 7.17. The van der Waals surface area contributed by atoms with Crippen molar-refractivity contribution in [1.82, 2.24) is 4.57 Å². The largest absolute Gasteiger partial charge is 0.456 e. The van der Waals surface area contributed by atoms with Gasteiger partial charge in [-0.15, -0.1) is 11.3 Å². The molecule has 0 amide bonds. The lowest BCUT2D eigenvalue weighted by molar-refractivity contribution is 0.590. The Balaban J connectivity index is 1.20. The normalized spacial score (nSPS) is 12.3. The van der Waals surface area contributed by atoms with Gasteiger partial charge < -0.3 is 23.7 Å². The van der Waals surface area contributed by atoms with E-state index in [0.717, 1.165) is 89.8 Å². The van der Waals surface area contributed by atoms with Crippen LogP contribution in [0.25, 0.3) is 59.5 Å². The average molecular weight is 1090 g/mol. The summed E-state index contributed by atoms with van der Waals surface area (Å²) in [5.74, 6) is 0. The zero-order chi connectivity index (χ0) is 56.0. The topological polar surface area (TPSA) is 27.8 Å². The summed E-state index contributed by atoms with van der Waals surface area (Å²) in [6.07, 6.45) is 0. The minimum atomic E-state index is -0.0953. The molecule has 10 aromatic carbocycles. The summed E-state index contributed by atoms with van der Waals surface area (Å²) in [5, 5.41) is 8.42. The van der Waals surface area contributed by atoms with E-state index in [1.54, 1.807) is 11.3 Å². The van der Waals surface area contributed by atoms with Crippen LogP contribution in [0.4, 0.5) is 51.2 Å². The van der Waals surface area contributed by atoms with E-state index in [2.05, 4.69) is 311 Å². The number of furan rings is 1. The highest BCUT2D eigenvalue weighted by atomic mass is 35.5. The molecular weight excluding hydrogens is 1030 g/mol. The summed E-state index contributed by atoms with van der Waals surface area (Å²) in [6, 6.07) is 81.4. The number of benzene rings is 10. The fraction of sp³-hybridized carbons (Fsp3) is 0.162. The minimum absolute atomic E-state index is 0.0603. The van der Waals surface area contributed by atoms with Gasteiger partial charge in [-0.05, 0) is 136 Å². The van der Waals surface area contributed by atoms with Crippen LogP contribution < -0.4 is 14.7 Å². The number of rotatable bonds is 10. The first-order valence-corrected chi connectivity index (χ1v) is 29.3. The van der Waals surface area contributed by atoms with Gasteiger partial charge in [-0.1, -0.05) is 195 Å². The second-order valence-electron chi connectivity index (χ2n) is 24.4. The van der Waals surface area contributed by atoms with Gasteiger partial charge >= 0.3 is 0 Å². The van der Waals surface area contributed by atoms with Crippen LogP contribution in [0, 0.1) is 0 Å². The van der Waals surface area contributed by atoms with Gasteiger partial charge in [0.2, 0.25) is 0 Å². The molecule has 0 radical (unpaired) electrons. The van der Waals surface area contributed by atoms with Gasteiger partial charge in [0.1, 0.15) is 11.2 Å². The van der Waals surface area contributed by atoms with Gasteiger partial charge in [-0.2, -0.15) is 0 Å². The lowest BCUT2D eigenvalue weighted by Crippen LogP contribution is -2.19. The Morgan fingerprint density at radius 1 is 0.370 bits per heavy atom. The minimum Gasteiger partial charge on any atom is -0.456 e. The van der Waals surface area contributed by atoms with E-state index in [9.17, 15) is 0 Å². The summed E-state index contributed by atoms with van der Waals surface area (Å²) in [5.41, 5.74) is 16.8. The number of nitrogens with zero attached hydrogens (tertiary/aromatic N) is 4. The molecule has 81 heavy (non-hydrogen) atoms. The molecule has 0 N–H and O–H groups in total. The zero-order valence-corrected chi connectivity index (χ0v) is 49.0.